The minimum Gasteiger partial charge on any atom is -0.0885 e. The van der Waals surface area contributed by atoms with Gasteiger partial charge < -0.3 is 0 Å². The van der Waals surface area contributed by atoms with E-state index >= 15 is 0 Å². The highest BCUT2D eigenvalue weighted by Gasteiger charge is 2.24. The predicted molar refractivity (Wildman–Crippen MR) is 77.8 cm³/mol. The van der Waals surface area contributed by atoms with E-state index in [1.807, 2.05) is 12.1 Å². The minimum atomic E-state index is -1.25. The lowest BCUT2D eigenvalue weighted by Gasteiger charge is -2.16. The molecule has 1 aromatic carbocycles. The van der Waals surface area contributed by atoms with E-state index in [1.165, 1.54) is 0 Å². The van der Waals surface area contributed by atoms with Gasteiger partial charge in [0.05, 0.1) is 0 Å². The van der Waals surface area contributed by atoms with Gasteiger partial charge in [-0.15, -0.1) is 0 Å². The van der Waals surface area contributed by atoms with Crippen molar-refractivity contribution in [2.75, 3.05) is 0 Å². The van der Waals surface area contributed by atoms with E-state index in [0.717, 1.165) is 5.56 Å². The van der Waals surface area contributed by atoms with Crippen molar-refractivity contribution in [3.63, 3.8) is 0 Å². The molecule has 0 aliphatic carbocycles. The van der Waals surface area contributed by atoms with Crippen LogP contribution < -0.4 is 0 Å². The molecule has 0 amide bonds. The molecule has 0 aromatic heterocycles. The van der Waals surface area contributed by atoms with Crippen molar-refractivity contribution in [3.8, 4) is 0 Å². The van der Waals surface area contributed by atoms with E-state index in [2.05, 4.69) is 15.9 Å². The summed E-state index contributed by atoms with van der Waals surface area (Å²) in [5, 5.41) is 1.21. The summed E-state index contributed by atoms with van der Waals surface area (Å²) in [5.74, 6) is 0. The van der Waals surface area contributed by atoms with Gasteiger partial charge in [0.1, 0.15) is 0 Å². The van der Waals surface area contributed by atoms with Crippen LogP contribution in [-0.4, -0.2) is 8.62 Å². The van der Waals surface area contributed by atoms with Gasteiger partial charge in [0, 0.05) is 21.3 Å². The van der Waals surface area contributed by atoms with Crippen LogP contribution in [0.15, 0.2) is 18.2 Å². The number of rotatable bonds is 3. The third kappa shape index (κ3) is 6.18. The molecule has 0 fully saturated rings. The van der Waals surface area contributed by atoms with Crippen molar-refractivity contribution < 1.29 is 0 Å². The number of hydrogen-bond acceptors (Lipinski definition) is 0. The monoisotopic (exact) mass is 382 g/mol. The van der Waals surface area contributed by atoms with E-state index in [4.69, 9.17) is 58.0 Å². The van der Waals surface area contributed by atoms with E-state index in [-0.39, 0.29) is 4.83 Å². The summed E-state index contributed by atoms with van der Waals surface area (Å²) in [6.07, 6.45) is 1.12. The largest absolute Gasteiger partial charge is 0.191 e. The second kappa shape index (κ2) is 6.36. The lowest BCUT2D eigenvalue weighted by atomic mass is 10.1. The Kier molecular flexibility index (Phi) is 6.04. The molecule has 0 spiro atoms. The van der Waals surface area contributed by atoms with Crippen LogP contribution in [0.2, 0.25) is 10.0 Å². The fourth-order valence-electron chi connectivity index (χ4n) is 1.31. The van der Waals surface area contributed by atoms with Crippen molar-refractivity contribution in [1.29, 1.82) is 0 Å². The Labute approximate surface area is 128 Å². The molecule has 0 bridgehead atoms. The Bertz CT molecular complexity index is 340. The van der Waals surface area contributed by atoms with Crippen LogP contribution in [0.4, 0.5) is 0 Å². The first-order valence-electron chi connectivity index (χ1n) is 4.42. The first-order valence-corrected chi connectivity index (χ1v) is 7.22. The molecule has 0 N–H and O–H groups in total. The summed E-state index contributed by atoms with van der Waals surface area (Å²) in [7, 11) is 0. The Morgan fingerprint density at radius 3 is 2.00 bits per heavy atom. The maximum Gasteiger partial charge on any atom is 0.191 e. The fraction of sp³-hybridized carbons (Fsp3) is 0.400. The zero-order valence-electron chi connectivity index (χ0n) is 7.99. The molecule has 16 heavy (non-hydrogen) atoms. The van der Waals surface area contributed by atoms with Crippen LogP contribution in [0.5, 0.6) is 0 Å². The van der Waals surface area contributed by atoms with Crippen LogP contribution >= 0.6 is 73.9 Å². The number of benzene rings is 1. The summed E-state index contributed by atoms with van der Waals surface area (Å²) in [4.78, 5) is 0.0644. The van der Waals surface area contributed by atoms with Crippen molar-refractivity contribution in [1.82, 2.24) is 0 Å². The molecule has 6 heteroatoms. The van der Waals surface area contributed by atoms with Crippen LogP contribution in [0.25, 0.3) is 0 Å². The van der Waals surface area contributed by atoms with Crippen LogP contribution in [0.3, 0.4) is 0 Å². The fourth-order valence-corrected chi connectivity index (χ4v) is 3.86. The maximum atomic E-state index is 5.89. The highest BCUT2D eigenvalue weighted by molar-refractivity contribution is 9.09. The van der Waals surface area contributed by atoms with Gasteiger partial charge in [-0.2, -0.15) is 0 Å². The maximum absolute atomic E-state index is 5.89. The van der Waals surface area contributed by atoms with Gasteiger partial charge in [-0.1, -0.05) is 73.9 Å². The third-order valence-electron chi connectivity index (χ3n) is 1.83. The number of halogens is 6. The predicted octanol–water partition coefficient (Wildman–Crippen LogP) is 6.06. The van der Waals surface area contributed by atoms with Gasteiger partial charge in [-0.05, 0) is 30.2 Å². The van der Waals surface area contributed by atoms with Gasteiger partial charge in [0.2, 0.25) is 0 Å². The van der Waals surface area contributed by atoms with E-state index in [9.17, 15) is 0 Å². The highest BCUT2D eigenvalue weighted by Crippen LogP contribution is 2.34. The molecule has 1 unspecified atom stereocenters. The van der Waals surface area contributed by atoms with Crippen LogP contribution in [0.1, 0.15) is 12.0 Å². The van der Waals surface area contributed by atoms with Gasteiger partial charge in [0.25, 0.3) is 0 Å². The Morgan fingerprint density at radius 1 is 1.06 bits per heavy atom. The van der Waals surface area contributed by atoms with E-state index in [1.54, 1.807) is 6.07 Å². The quantitative estimate of drug-likeness (QED) is 0.555. The molecule has 1 rings (SSSR count). The third-order valence-corrected chi connectivity index (χ3v) is 3.38. The number of hydrogen-bond donors (Lipinski definition) is 0. The van der Waals surface area contributed by atoms with Gasteiger partial charge in [-0.3, -0.25) is 0 Å². The van der Waals surface area contributed by atoms with Gasteiger partial charge >= 0.3 is 0 Å². The second-order valence-corrected chi connectivity index (χ2v) is 8.08. The molecule has 0 nitrogen and oxygen atoms in total. The molecular weight excluding hydrogens is 377 g/mol. The van der Waals surface area contributed by atoms with Gasteiger partial charge in [0.15, 0.2) is 3.79 Å². The lowest BCUT2D eigenvalue weighted by Crippen LogP contribution is -2.13. The minimum absolute atomic E-state index is 0.0644. The molecule has 0 aliphatic rings. The summed E-state index contributed by atoms with van der Waals surface area (Å²) in [5.41, 5.74) is 1.01. The molecule has 1 aromatic rings. The lowest BCUT2D eigenvalue weighted by molar-refractivity contribution is 0.784. The molecular formula is C10H8BrCl5. The molecule has 0 saturated heterocycles. The number of alkyl halides is 4. The topological polar surface area (TPSA) is 0 Å². The zero-order chi connectivity index (χ0) is 12.3. The molecule has 0 radical (unpaired) electrons. The normalized spacial score (nSPS) is 13.9. The SMILES string of the molecule is Clc1cc(Cl)cc(CC(Br)CC(Cl)(Cl)Cl)c1. The highest BCUT2D eigenvalue weighted by atomic mass is 79.9. The molecule has 90 valence electrons. The molecule has 0 saturated carbocycles. The average molecular weight is 385 g/mol. The van der Waals surface area contributed by atoms with Crippen LogP contribution in [-0.2, 0) is 6.42 Å². The Hall–Kier alpha value is 1.15. The molecule has 0 heterocycles. The Balaban J connectivity index is 2.66. The summed E-state index contributed by atoms with van der Waals surface area (Å²) < 4.78 is -1.25. The van der Waals surface area contributed by atoms with Crippen molar-refractivity contribution in [3.05, 3.63) is 33.8 Å². The van der Waals surface area contributed by atoms with Gasteiger partial charge in [-0.25, -0.2) is 0 Å². The zero-order valence-corrected chi connectivity index (χ0v) is 13.4. The van der Waals surface area contributed by atoms with Crippen molar-refractivity contribution >= 4 is 73.9 Å². The van der Waals surface area contributed by atoms with E-state index in [0.29, 0.717) is 22.9 Å². The first-order chi connectivity index (χ1) is 7.26. The summed E-state index contributed by atoms with van der Waals surface area (Å²) in [6.45, 7) is 0. The summed E-state index contributed by atoms with van der Waals surface area (Å²) >= 11 is 32.4. The van der Waals surface area contributed by atoms with Crippen LogP contribution in [0, 0.1) is 0 Å². The van der Waals surface area contributed by atoms with E-state index < -0.39 is 3.79 Å². The smallest absolute Gasteiger partial charge is 0.0885 e. The second-order valence-electron chi connectivity index (χ2n) is 3.40. The van der Waals surface area contributed by atoms with Crippen molar-refractivity contribution in [2.45, 2.75) is 21.5 Å². The molecule has 1 atom stereocenters. The average Bonchev–Trinajstić information content (AvgIpc) is 1.96. The van der Waals surface area contributed by atoms with Crippen molar-refractivity contribution in [2.24, 2.45) is 0 Å². The summed E-state index contributed by atoms with van der Waals surface area (Å²) in [6, 6.07) is 5.38. The first kappa shape index (κ1) is 15.2. The standard InChI is InChI=1S/C10H8BrCl5/c11-7(5-10(14,15)16)1-6-2-8(12)4-9(13)3-6/h2-4,7H,1,5H2. The molecule has 0 aliphatic heterocycles. The Morgan fingerprint density at radius 2 is 1.56 bits per heavy atom.